The normalized spacial score (nSPS) is 11.8. The van der Waals surface area contributed by atoms with Crippen LogP contribution in [0.15, 0.2) is 60.7 Å². The second-order valence-corrected chi connectivity index (χ2v) is 11.5. The first-order chi connectivity index (χ1) is 18.0. The van der Waals surface area contributed by atoms with Crippen molar-refractivity contribution in [3.05, 3.63) is 82.9 Å². The summed E-state index contributed by atoms with van der Waals surface area (Å²) in [6.07, 6.45) is 0. The lowest BCUT2D eigenvalue weighted by Crippen LogP contribution is -2.04. The molecule has 4 nitrogen and oxygen atoms in total. The van der Waals surface area contributed by atoms with Crippen molar-refractivity contribution < 1.29 is 10.2 Å². The molecular formula is C34H42N2O2. The van der Waals surface area contributed by atoms with Crippen molar-refractivity contribution in [1.29, 1.82) is 0 Å². The zero-order valence-corrected chi connectivity index (χ0v) is 24.0. The average molecular weight is 511 g/mol. The van der Waals surface area contributed by atoms with Gasteiger partial charge in [0.05, 0.1) is 16.8 Å². The molecule has 4 N–H and O–H groups in total. The minimum atomic E-state index is 0.0399. The van der Waals surface area contributed by atoms with Gasteiger partial charge in [0, 0.05) is 11.4 Å². The van der Waals surface area contributed by atoms with E-state index in [4.69, 9.17) is 0 Å². The van der Waals surface area contributed by atoms with Crippen LogP contribution in [0, 0.1) is 0 Å². The number of anilines is 4. The highest BCUT2D eigenvalue weighted by molar-refractivity contribution is 6.02. The molecule has 0 saturated carbocycles. The molecule has 38 heavy (non-hydrogen) atoms. The molecule has 0 saturated heterocycles. The summed E-state index contributed by atoms with van der Waals surface area (Å²) in [6, 6.07) is 20.4. The van der Waals surface area contributed by atoms with Crippen LogP contribution in [-0.2, 0) is 0 Å². The number of fused-ring (bicyclic) bond motifs is 1. The molecule has 0 fully saturated rings. The Balaban J connectivity index is 1.84. The molecule has 0 aliphatic carbocycles. The van der Waals surface area contributed by atoms with Gasteiger partial charge in [0.25, 0.3) is 0 Å². The first kappa shape index (κ1) is 27.4. The summed E-state index contributed by atoms with van der Waals surface area (Å²) < 4.78 is 0. The first-order valence-corrected chi connectivity index (χ1v) is 13.8. The third kappa shape index (κ3) is 5.18. The van der Waals surface area contributed by atoms with Gasteiger partial charge in [-0.1, -0.05) is 104 Å². The van der Waals surface area contributed by atoms with E-state index in [1.54, 1.807) is 0 Å². The van der Waals surface area contributed by atoms with Crippen LogP contribution < -0.4 is 10.6 Å². The summed E-state index contributed by atoms with van der Waals surface area (Å²) in [5, 5.41) is 31.2. The van der Waals surface area contributed by atoms with Crippen molar-refractivity contribution in [1.82, 2.24) is 0 Å². The maximum Gasteiger partial charge on any atom is 0.150 e. The highest BCUT2D eigenvalue weighted by atomic mass is 16.3. The predicted molar refractivity (Wildman–Crippen MR) is 163 cm³/mol. The number of rotatable bonds is 8. The molecule has 0 atom stereocenters. The minimum Gasteiger partial charge on any atom is -0.505 e. The van der Waals surface area contributed by atoms with Crippen LogP contribution in [0.1, 0.15) is 101 Å². The molecule has 0 aliphatic heterocycles. The second kappa shape index (κ2) is 11.0. The molecule has 0 bridgehead atoms. The van der Waals surface area contributed by atoms with Crippen molar-refractivity contribution in [2.45, 2.75) is 79.1 Å². The van der Waals surface area contributed by atoms with Crippen molar-refractivity contribution in [3.63, 3.8) is 0 Å². The van der Waals surface area contributed by atoms with E-state index >= 15 is 0 Å². The predicted octanol–water partition coefficient (Wildman–Crippen LogP) is 10.2. The molecule has 0 aromatic heterocycles. The zero-order valence-electron chi connectivity index (χ0n) is 24.0. The van der Waals surface area contributed by atoms with Gasteiger partial charge in [0.2, 0.25) is 0 Å². The molecule has 0 spiro atoms. The van der Waals surface area contributed by atoms with E-state index in [0.29, 0.717) is 40.4 Å². The Morgan fingerprint density at radius 3 is 1.08 bits per heavy atom. The van der Waals surface area contributed by atoms with Crippen molar-refractivity contribution in [2.24, 2.45) is 0 Å². The molecule has 4 aromatic rings. The van der Waals surface area contributed by atoms with Crippen LogP contribution in [0.3, 0.4) is 0 Å². The Kier molecular flexibility index (Phi) is 7.91. The van der Waals surface area contributed by atoms with Crippen molar-refractivity contribution in [3.8, 4) is 11.5 Å². The van der Waals surface area contributed by atoms with Crippen LogP contribution in [0.2, 0.25) is 0 Å². The van der Waals surface area contributed by atoms with E-state index in [9.17, 15) is 10.2 Å². The Bertz CT molecular complexity index is 1290. The van der Waals surface area contributed by atoms with Gasteiger partial charge in [-0.2, -0.15) is 0 Å². The first-order valence-electron chi connectivity index (χ1n) is 13.8. The summed E-state index contributed by atoms with van der Waals surface area (Å²) in [5.74, 6) is 1.35. The van der Waals surface area contributed by atoms with E-state index in [1.807, 2.05) is 24.3 Å². The summed E-state index contributed by atoms with van der Waals surface area (Å²) in [5.41, 5.74) is 7.98. The summed E-state index contributed by atoms with van der Waals surface area (Å²) in [4.78, 5) is 0. The molecule has 200 valence electrons. The quantitative estimate of drug-likeness (QED) is 0.178. The summed E-state index contributed by atoms with van der Waals surface area (Å²) >= 11 is 0. The Labute approximate surface area is 227 Å². The van der Waals surface area contributed by atoms with Gasteiger partial charge >= 0.3 is 0 Å². The second-order valence-electron chi connectivity index (χ2n) is 11.5. The number of phenolic OH excluding ortho intramolecular Hbond substituents is 2. The lowest BCUT2D eigenvalue weighted by molar-refractivity contribution is 0.466. The third-order valence-electron chi connectivity index (χ3n) is 7.40. The third-order valence-corrected chi connectivity index (χ3v) is 7.40. The van der Waals surface area contributed by atoms with Gasteiger partial charge in [0.15, 0.2) is 11.5 Å². The van der Waals surface area contributed by atoms with Crippen molar-refractivity contribution >= 4 is 33.5 Å². The SMILES string of the molecule is CC(C)c1cccc(C(C)C)c1Nc1ccc2ccc(Nc3c(C(C)C)cccc3C(C)C)c(O)c2c1O. The molecular weight excluding hydrogens is 468 g/mol. The molecule has 0 aliphatic rings. The van der Waals surface area contributed by atoms with Crippen LogP contribution >= 0.6 is 0 Å². The molecule has 4 rings (SSSR count). The van der Waals surface area contributed by atoms with E-state index < -0.39 is 0 Å². The van der Waals surface area contributed by atoms with E-state index in [-0.39, 0.29) is 11.5 Å². The highest BCUT2D eigenvalue weighted by Gasteiger charge is 2.20. The zero-order chi connectivity index (χ0) is 27.7. The Morgan fingerprint density at radius 1 is 0.474 bits per heavy atom. The number of hydrogen-bond acceptors (Lipinski definition) is 4. The molecule has 0 amide bonds. The number of phenols is 2. The van der Waals surface area contributed by atoms with Gasteiger partial charge in [0.1, 0.15) is 0 Å². The molecule has 0 radical (unpaired) electrons. The van der Waals surface area contributed by atoms with Crippen LogP contribution in [0.25, 0.3) is 10.8 Å². The Hall–Kier alpha value is -3.66. The fourth-order valence-corrected chi connectivity index (χ4v) is 5.24. The molecule has 4 heteroatoms. The van der Waals surface area contributed by atoms with Crippen LogP contribution in [0.5, 0.6) is 11.5 Å². The maximum atomic E-state index is 11.5. The van der Waals surface area contributed by atoms with E-state index in [0.717, 1.165) is 16.8 Å². The highest BCUT2D eigenvalue weighted by Crippen LogP contribution is 2.46. The number of aromatic hydroxyl groups is 2. The minimum absolute atomic E-state index is 0.0399. The topological polar surface area (TPSA) is 64.5 Å². The average Bonchev–Trinajstić information content (AvgIpc) is 2.86. The van der Waals surface area contributed by atoms with Crippen LogP contribution in [0.4, 0.5) is 22.7 Å². The number of benzene rings is 4. The standard InChI is InChI=1S/C34H42N2O2/c1-19(2)24-11-9-12-25(20(3)4)31(24)35-28-17-15-23-16-18-29(34(38)30(23)33(28)37)36-32-26(21(5)6)13-10-14-27(32)22(7)8/h9-22,35-38H,1-8H3. The lowest BCUT2D eigenvalue weighted by atomic mass is 9.92. The van der Waals surface area contributed by atoms with Gasteiger partial charge < -0.3 is 20.8 Å². The molecule has 0 unspecified atom stereocenters. The Morgan fingerprint density at radius 2 is 0.789 bits per heavy atom. The van der Waals surface area contributed by atoms with E-state index in [2.05, 4.69) is 102 Å². The summed E-state index contributed by atoms with van der Waals surface area (Å²) in [6.45, 7) is 17.4. The number of hydrogen-bond donors (Lipinski definition) is 4. The van der Waals surface area contributed by atoms with Gasteiger partial charge in [-0.05, 0) is 63.4 Å². The molecule has 4 aromatic carbocycles. The fraction of sp³-hybridized carbons (Fsp3) is 0.353. The van der Waals surface area contributed by atoms with Gasteiger partial charge in [-0.15, -0.1) is 0 Å². The van der Waals surface area contributed by atoms with Gasteiger partial charge in [-0.25, -0.2) is 0 Å². The fourth-order valence-electron chi connectivity index (χ4n) is 5.24. The van der Waals surface area contributed by atoms with E-state index in [1.165, 1.54) is 22.3 Å². The monoisotopic (exact) mass is 510 g/mol. The number of para-hydroxylation sites is 2. The lowest BCUT2D eigenvalue weighted by Gasteiger charge is -2.23. The van der Waals surface area contributed by atoms with Gasteiger partial charge in [-0.3, -0.25) is 0 Å². The van der Waals surface area contributed by atoms with Crippen molar-refractivity contribution in [2.75, 3.05) is 10.6 Å². The maximum absolute atomic E-state index is 11.5. The summed E-state index contributed by atoms with van der Waals surface area (Å²) in [7, 11) is 0. The number of nitrogens with one attached hydrogen (secondary N) is 2. The van der Waals surface area contributed by atoms with Crippen LogP contribution in [-0.4, -0.2) is 10.2 Å². The smallest absolute Gasteiger partial charge is 0.150 e. The largest absolute Gasteiger partial charge is 0.505 e. The molecule has 0 heterocycles.